The monoisotopic (exact) mass is 278 g/mol. The van der Waals surface area contributed by atoms with Crippen molar-refractivity contribution in [3.8, 4) is 0 Å². The maximum absolute atomic E-state index is 11.6. The minimum atomic E-state index is -0.546. The number of esters is 1. The van der Waals surface area contributed by atoms with Crippen LogP contribution < -0.4 is 4.90 Å². The molecule has 0 aromatic heterocycles. The maximum Gasteiger partial charge on any atom is 0.338 e. The molecule has 1 fully saturated rings. The highest BCUT2D eigenvalue weighted by molar-refractivity contribution is 5.93. The number of aryl methyl sites for hydroxylation is 1. The zero-order chi connectivity index (χ0) is 14.7. The van der Waals surface area contributed by atoms with Gasteiger partial charge < -0.3 is 9.64 Å². The number of hydrogen-bond donors (Lipinski definition) is 0. The first-order valence-electron chi connectivity index (χ1n) is 6.67. The summed E-state index contributed by atoms with van der Waals surface area (Å²) in [5.74, 6) is -0.546. The third-order valence-corrected chi connectivity index (χ3v) is 3.62. The van der Waals surface area contributed by atoms with E-state index in [2.05, 4.69) is 4.74 Å². The van der Waals surface area contributed by atoms with E-state index in [0.717, 1.165) is 32.4 Å². The maximum atomic E-state index is 11.6. The second-order valence-electron chi connectivity index (χ2n) is 4.95. The van der Waals surface area contributed by atoms with Crippen LogP contribution in [0.2, 0.25) is 0 Å². The van der Waals surface area contributed by atoms with Gasteiger partial charge in [0.2, 0.25) is 0 Å². The minimum absolute atomic E-state index is 0.0297. The van der Waals surface area contributed by atoms with E-state index < -0.39 is 10.9 Å². The fourth-order valence-corrected chi connectivity index (χ4v) is 2.55. The fraction of sp³-hybridized carbons (Fsp3) is 0.500. The lowest BCUT2D eigenvalue weighted by Crippen LogP contribution is -2.30. The molecule has 6 nitrogen and oxygen atoms in total. The van der Waals surface area contributed by atoms with Gasteiger partial charge in [0.25, 0.3) is 5.69 Å². The molecule has 6 heteroatoms. The number of nitrogens with zero attached hydrogens (tertiary/aromatic N) is 2. The molecule has 0 bridgehead atoms. The van der Waals surface area contributed by atoms with Gasteiger partial charge in [-0.2, -0.15) is 0 Å². The van der Waals surface area contributed by atoms with Gasteiger partial charge in [-0.25, -0.2) is 4.79 Å². The molecule has 108 valence electrons. The fourth-order valence-electron chi connectivity index (χ4n) is 2.55. The number of carbonyl (C=O) groups excluding carboxylic acids is 1. The van der Waals surface area contributed by atoms with E-state index in [-0.39, 0.29) is 11.3 Å². The van der Waals surface area contributed by atoms with E-state index in [1.165, 1.54) is 13.2 Å². The minimum Gasteiger partial charge on any atom is -0.465 e. The number of ether oxygens (including phenoxy) is 1. The summed E-state index contributed by atoms with van der Waals surface area (Å²) in [6.45, 7) is 3.40. The van der Waals surface area contributed by atoms with Crippen molar-refractivity contribution < 1.29 is 14.5 Å². The van der Waals surface area contributed by atoms with Crippen molar-refractivity contribution in [2.75, 3.05) is 25.1 Å². The van der Waals surface area contributed by atoms with E-state index in [0.29, 0.717) is 11.3 Å². The highest BCUT2D eigenvalue weighted by Gasteiger charge is 2.25. The van der Waals surface area contributed by atoms with Crippen molar-refractivity contribution in [3.63, 3.8) is 0 Å². The van der Waals surface area contributed by atoms with Gasteiger partial charge in [-0.1, -0.05) is 0 Å². The number of piperidine rings is 1. The van der Waals surface area contributed by atoms with Crippen molar-refractivity contribution in [2.24, 2.45) is 0 Å². The molecule has 1 heterocycles. The lowest BCUT2D eigenvalue weighted by molar-refractivity contribution is -0.384. The Morgan fingerprint density at radius 3 is 2.50 bits per heavy atom. The predicted octanol–water partition coefficient (Wildman–Crippen LogP) is 2.68. The number of hydrogen-bond acceptors (Lipinski definition) is 5. The van der Waals surface area contributed by atoms with Gasteiger partial charge in [0.05, 0.1) is 17.6 Å². The van der Waals surface area contributed by atoms with Crippen LogP contribution in [0.1, 0.15) is 35.2 Å². The lowest BCUT2D eigenvalue weighted by Gasteiger charge is -2.28. The highest BCUT2D eigenvalue weighted by atomic mass is 16.6. The smallest absolute Gasteiger partial charge is 0.338 e. The highest BCUT2D eigenvalue weighted by Crippen LogP contribution is 2.33. The molecule has 1 aliphatic heterocycles. The Labute approximate surface area is 117 Å². The zero-order valence-corrected chi connectivity index (χ0v) is 11.7. The number of rotatable bonds is 3. The Morgan fingerprint density at radius 1 is 1.30 bits per heavy atom. The van der Waals surface area contributed by atoms with Gasteiger partial charge in [0.1, 0.15) is 5.69 Å². The summed E-state index contributed by atoms with van der Waals surface area (Å²) >= 11 is 0. The second kappa shape index (κ2) is 5.90. The topological polar surface area (TPSA) is 72.7 Å². The molecule has 0 N–H and O–H groups in total. The quantitative estimate of drug-likeness (QED) is 0.483. The van der Waals surface area contributed by atoms with Gasteiger partial charge in [0, 0.05) is 19.2 Å². The molecule has 1 saturated heterocycles. The Balaban J connectivity index is 2.48. The molecule has 0 saturated carbocycles. The van der Waals surface area contributed by atoms with E-state index >= 15 is 0 Å². The van der Waals surface area contributed by atoms with Crippen molar-refractivity contribution in [2.45, 2.75) is 26.2 Å². The molecular formula is C14H18N2O4. The number of nitro groups is 1. The normalized spacial score (nSPS) is 15.0. The van der Waals surface area contributed by atoms with Gasteiger partial charge in [-0.05, 0) is 37.8 Å². The van der Waals surface area contributed by atoms with E-state index in [9.17, 15) is 14.9 Å². The van der Waals surface area contributed by atoms with Crippen molar-refractivity contribution in [3.05, 3.63) is 33.4 Å². The SMILES string of the molecule is COC(=O)c1cc([N+](=O)[O-])c(N2CCCCC2)cc1C. The Hall–Kier alpha value is -2.11. The summed E-state index contributed by atoms with van der Waals surface area (Å²) in [6, 6.07) is 3.04. The van der Waals surface area contributed by atoms with Crippen molar-refractivity contribution >= 4 is 17.3 Å². The number of anilines is 1. The van der Waals surface area contributed by atoms with Crippen molar-refractivity contribution in [1.29, 1.82) is 0 Å². The summed E-state index contributed by atoms with van der Waals surface area (Å²) in [5.41, 5.74) is 1.51. The molecule has 0 radical (unpaired) electrons. The third-order valence-electron chi connectivity index (χ3n) is 3.62. The van der Waals surface area contributed by atoms with Crippen LogP contribution in [-0.2, 0) is 4.74 Å². The summed E-state index contributed by atoms with van der Waals surface area (Å²) in [7, 11) is 1.27. The molecule has 2 rings (SSSR count). The van der Waals surface area contributed by atoms with Crippen LogP contribution in [0.5, 0.6) is 0 Å². The molecule has 0 amide bonds. The first-order chi connectivity index (χ1) is 9.54. The molecule has 0 aliphatic carbocycles. The predicted molar refractivity (Wildman–Crippen MR) is 75.2 cm³/mol. The number of carbonyl (C=O) groups is 1. The standard InChI is InChI=1S/C14H18N2O4/c1-10-8-12(15-6-4-3-5-7-15)13(16(18)19)9-11(10)14(17)20-2/h8-9H,3-7H2,1-2H3. The molecule has 20 heavy (non-hydrogen) atoms. The number of nitro benzene ring substituents is 1. The molecule has 1 aromatic rings. The van der Waals surface area contributed by atoms with Crippen LogP contribution in [0.3, 0.4) is 0 Å². The van der Waals surface area contributed by atoms with E-state index in [1.54, 1.807) is 13.0 Å². The van der Waals surface area contributed by atoms with Crippen LogP contribution in [0, 0.1) is 17.0 Å². The molecule has 1 aromatic carbocycles. The third kappa shape index (κ3) is 2.74. The first-order valence-corrected chi connectivity index (χ1v) is 6.67. The molecular weight excluding hydrogens is 260 g/mol. The van der Waals surface area contributed by atoms with Gasteiger partial charge in [-0.3, -0.25) is 10.1 Å². The zero-order valence-electron chi connectivity index (χ0n) is 11.7. The van der Waals surface area contributed by atoms with E-state index in [4.69, 9.17) is 0 Å². The molecule has 0 spiro atoms. The second-order valence-corrected chi connectivity index (χ2v) is 4.95. The van der Waals surface area contributed by atoms with Gasteiger partial charge in [-0.15, -0.1) is 0 Å². The van der Waals surface area contributed by atoms with Crippen LogP contribution in [0.25, 0.3) is 0 Å². The summed E-state index contributed by atoms with van der Waals surface area (Å²) in [6.07, 6.45) is 3.23. The number of methoxy groups -OCH3 is 1. The molecule has 0 unspecified atom stereocenters. The Kier molecular flexibility index (Phi) is 4.22. The van der Waals surface area contributed by atoms with Crippen LogP contribution in [0.4, 0.5) is 11.4 Å². The Morgan fingerprint density at radius 2 is 1.95 bits per heavy atom. The van der Waals surface area contributed by atoms with E-state index in [1.807, 2.05) is 4.90 Å². The Bertz CT molecular complexity index is 536. The van der Waals surface area contributed by atoms with Crippen molar-refractivity contribution in [1.82, 2.24) is 0 Å². The number of benzene rings is 1. The van der Waals surface area contributed by atoms with Gasteiger partial charge in [0.15, 0.2) is 0 Å². The average molecular weight is 278 g/mol. The largest absolute Gasteiger partial charge is 0.465 e. The van der Waals surface area contributed by atoms with Crippen LogP contribution in [0.15, 0.2) is 12.1 Å². The van der Waals surface area contributed by atoms with Gasteiger partial charge >= 0.3 is 5.97 Å². The first kappa shape index (κ1) is 14.3. The van der Waals surface area contributed by atoms with Crippen LogP contribution in [-0.4, -0.2) is 31.1 Å². The molecule has 0 atom stereocenters. The average Bonchev–Trinajstić information content (AvgIpc) is 2.46. The van der Waals surface area contributed by atoms with Crippen LogP contribution >= 0.6 is 0 Å². The summed E-state index contributed by atoms with van der Waals surface area (Å²) in [4.78, 5) is 24.5. The summed E-state index contributed by atoms with van der Waals surface area (Å²) < 4.78 is 4.66. The lowest BCUT2D eigenvalue weighted by atomic mass is 10.0. The summed E-state index contributed by atoms with van der Waals surface area (Å²) in [5, 5.41) is 11.3. The molecule has 1 aliphatic rings.